The lowest BCUT2D eigenvalue weighted by Gasteiger charge is -2.07. The fraction of sp³-hybridized carbons (Fsp3) is 0.0556. The molecule has 2 aromatic carbocycles. The van der Waals surface area contributed by atoms with Gasteiger partial charge in [0.05, 0.1) is 0 Å². The number of rotatable bonds is 5. The zero-order chi connectivity index (χ0) is 16.8. The topological polar surface area (TPSA) is 86.8 Å². The Bertz CT molecular complexity index is 874. The highest BCUT2D eigenvalue weighted by atomic mass is 16.7. The summed E-state index contributed by atoms with van der Waals surface area (Å²) in [7, 11) is 0. The number of carbonyl (C=O) groups is 1. The number of hydrogen-bond acceptors (Lipinski definition) is 5. The van der Waals surface area contributed by atoms with E-state index in [-0.39, 0.29) is 12.4 Å². The lowest BCUT2D eigenvalue weighted by molar-refractivity contribution is -0.146. The van der Waals surface area contributed by atoms with Crippen LogP contribution in [0, 0.1) is 0 Å². The molecule has 24 heavy (non-hydrogen) atoms. The number of nitrogens with zero attached hydrogens (tertiary/aromatic N) is 2. The quantitative estimate of drug-likeness (QED) is 0.338. The second-order valence-electron chi connectivity index (χ2n) is 4.94. The Balaban J connectivity index is 1.61. The first-order valence-electron chi connectivity index (χ1n) is 7.28. The van der Waals surface area contributed by atoms with Crippen molar-refractivity contribution in [3.8, 4) is 5.75 Å². The number of nitrogens with two attached hydrogens (primary N) is 1. The van der Waals surface area contributed by atoms with Gasteiger partial charge in [-0.15, -0.1) is 0 Å². The number of oxime groups is 1. The Hall–Kier alpha value is -3.41. The van der Waals surface area contributed by atoms with E-state index in [4.69, 9.17) is 15.3 Å². The zero-order valence-corrected chi connectivity index (χ0v) is 12.8. The number of benzene rings is 2. The maximum absolute atomic E-state index is 11.8. The SMILES string of the molecule is N/C(=N\OC(=O)COc1cccc2ccccc12)c1ccncc1. The number of aromatic nitrogens is 1. The van der Waals surface area contributed by atoms with Gasteiger partial charge in [-0.3, -0.25) is 4.98 Å². The van der Waals surface area contributed by atoms with Gasteiger partial charge in [0.1, 0.15) is 5.75 Å². The van der Waals surface area contributed by atoms with E-state index < -0.39 is 5.97 Å². The van der Waals surface area contributed by atoms with Gasteiger partial charge in [0.25, 0.3) is 0 Å². The third-order valence-corrected chi connectivity index (χ3v) is 3.32. The van der Waals surface area contributed by atoms with E-state index in [0.29, 0.717) is 11.3 Å². The molecular formula is C18H15N3O3. The molecule has 2 N–H and O–H groups in total. The molecule has 6 heteroatoms. The molecule has 1 heterocycles. The highest BCUT2D eigenvalue weighted by Crippen LogP contribution is 2.24. The van der Waals surface area contributed by atoms with Crippen LogP contribution in [0.15, 0.2) is 72.1 Å². The van der Waals surface area contributed by atoms with Crippen molar-refractivity contribution < 1.29 is 14.4 Å². The molecule has 3 rings (SSSR count). The molecule has 1 aromatic heterocycles. The molecular weight excluding hydrogens is 306 g/mol. The smallest absolute Gasteiger partial charge is 0.372 e. The summed E-state index contributed by atoms with van der Waals surface area (Å²) in [5.74, 6) is 0.0620. The van der Waals surface area contributed by atoms with Crippen LogP contribution < -0.4 is 10.5 Å². The number of amidine groups is 1. The minimum atomic E-state index is -0.639. The van der Waals surface area contributed by atoms with Crippen molar-refractivity contribution in [2.75, 3.05) is 6.61 Å². The van der Waals surface area contributed by atoms with Crippen LogP contribution in [0.4, 0.5) is 0 Å². The van der Waals surface area contributed by atoms with E-state index in [2.05, 4.69) is 10.1 Å². The van der Waals surface area contributed by atoms with Gasteiger partial charge in [-0.25, -0.2) is 4.79 Å². The van der Waals surface area contributed by atoms with Crippen LogP contribution in [0.25, 0.3) is 10.8 Å². The summed E-state index contributed by atoms with van der Waals surface area (Å²) in [4.78, 5) is 20.4. The molecule has 0 saturated heterocycles. The minimum Gasteiger partial charge on any atom is -0.481 e. The van der Waals surface area contributed by atoms with Crippen molar-refractivity contribution in [3.05, 3.63) is 72.6 Å². The predicted octanol–water partition coefficient (Wildman–Crippen LogP) is 2.48. The van der Waals surface area contributed by atoms with Gasteiger partial charge in [-0.05, 0) is 23.6 Å². The molecule has 0 spiro atoms. The minimum absolute atomic E-state index is 0.0934. The predicted molar refractivity (Wildman–Crippen MR) is 90.5 cm³/mol. The van der Waals surface area contributed by atoms with Gasteiger partial charge >= 0.3 is 5.97 Å². The van der Waals surface area contributed by atoms with Crippen LogP contribution in [-0.4, -0.2) is 23.4 Å². The molecule has 0 aliphatic rings. The summed E-state index contributed by atoms with van der Waals surface area (Å²) < 4.78 is 5.52. The van der Waals surface area contributed by atoms with Crippen LogP contribution in [0.5, 0.6) is 5.75 Å². The highest BCUT2D eigenvalue weighted by molar-refractivity contribution is 5.97. The standard InChI is InChI=1S/C18H15N3O3/c19-18(14-8-10-20-11-9-14)21-24-17(22)12-23-16-7-3-5-13-4-1-2-6-15(13)16/h1-11H,12H2,(H2,19,21). The summed E-state index contributed by atoms with van der Waals surface area (Å²) >= 11 is 0. The van der Waals surface area contributed by atoms with Crippen LogP contribution in [0.3, 0.4) is 0 Å². The normalized spacial score (nSPS) is 11.2. The van der Waals surface area contributed by atoms with Crippen molar-refractivity contribution in [2.24, 2.45) is 10.9 Å². The van der Waals surface area contributed by atoms with Gasteiger partial charge in [-0.1, -0.05) is 41.6 Å². The largest absolute Gasteiger partial charge is 0.481 e. The number of carbonyl (C=O) groups excluding carboxylic acids is 1. The lowest BCUT2D eigenvalue weighted by atomic mass is 10.1. The second-order valence-corrected chi connectivity index (χ2v) is 4.94. The first-order valence-corrected chi connectivity index (χ1v) is 7.28. The molecule has 0 aliphatic heterocycles. The van der Waals surface area contributed by atoms with Crippen LogP contribution in [0.2, 0.25) is 0 Å². The average Bonchev–Trinajstić information content (AvgIpc) is 2.65. The maximum Gasteiger partial charge on any atom is 0.372 e. The molecule has 0 saturated carbocycles. The van der Waals surface area contributed by atoms with E-state index in [1.807, 2.05) is 36.4 Å². The van der Waals surface area contributed by atoms with Crippen molar-refractivity contribution in [1.29, 1.82) is 0 Å². The maximum atomic E-state index is 11.8. The molecule has 0 amide bonds. The highest BCUT2D eigenvalue weighted by Gasteiger charge is 2.08. The second kappa shape index (κ2) is 7.23. The summed E-state index contributed by atoms with van der Waals surface area (Å²) in [5.41, 5.74) is 6.35. The third kappa shape index (κ3) is 3.67. The van der Waals surface area contributed by atoms with Gasteiger partial charge < -0.3 is 15.3 Å². The molecule has 0 bridgehead atoms. The molecule has 6 nitrogen and oxygen atoms in total. The average molecular weight is 321 g/mol. The first kappa shape index (κ1) is 15.5. The number of ether oxygens (including phenoxy) is 1. The lowest BCUT2D eigenvalue weighted by Crippen LogP contribution is -2.18. The van der Waals surface area contributed by atoms with E-state index in [9.17, 15) is 4.79 Å². The van der Waals surface area contributed by atoms with Gasteiger partial charge in [0.2, 0.25) is 0 Å². The molecule has 0 fully saturated rings. The molecule has 0 unspecified atom stereocenters. The van der Waals surface area contributed by atoms with Crippen molar-refractivity contribution in [3.63, 3.8) is 0 Å². The molecule has 3 aromatic rings. The van der Waals surface area contributed by atoms with E-state index in [1.54, 1.807) is 30.6 Å². The Kier molecular flexibility index (Phi) is 4.67. The Labute approximate surface area is 138 Å². The van der Waals surface area contributed by atoms with E-state index in [0.717, 1.165) is 10.8 Å². The van der Waals surface area contributed by atoms with Crippen LogP contribution >= 0.6 is 0 Å². The van der Waals surface area contributed by atoms with E-state index >= 15 is 0 Å². The van der Waals surface area contributed by atoms with Crippen LogP contribution in [0.1, 0.15) is 5.56 Å². The van der Waals surface area contributed by atoms with Crippen LogP contribution in [-0.2, 0) is 9.63 Å². The van der Waals surface area contributed by atoms with Gasteiger partial charge in [0, 0.05) is 23.3 Å². The van der Waals surface area contributed by atoms with Crippen molar-refractivity contribution in [2.45, 2.75) is 0 Å². The summed E-state index contributed by atoms with van der Waals surface area (Å²) in [6.07, 6.45) is 3.15. The van der Waals surface area contributed by atoms with Gasteiger partial charge in [0.15, 0.2) is 12.4 Å². The Morgan fingerprint density at radius 2 is 1.79 bits per heavy atom. The molecule has 0 atom stereocenters. The van der Waals surface area contributed by atoms with E-state index in [1.165, 1.54) is 0 Å². The fourth-order valence-electron chi connectivity index (χ4n) is 2.16. The number of hydrogen-bond donors (Lipinski definition) is 1. The number of pyridine rings is 1. The summed E-state index contributed by atoms with van der Waals surface area (Å²) in [6.45, 7) is -0.263. The number of fused-ring (bicyclic) bond motifs is 1. The fourth-order valence-corrected chi connectivity index (χ4v) is 2.16. The molecule has 0 radical (unpaired) electrons. The molecule has 0 aliphatic carbocycles. The van der Waals surface area contributed by atoms with Crippen molar-refractivity contribution in [1.82, 2.24) is 4.98 Å². The summed E-state index contributed by atoms with van der Waals surface area (Å²) in [6, 6.07) is 16.7. The van der Waals surface area contributed by atoms with Gasteiger partial charge in [-0.2, -0.15) is 0 Å². The van der Waals surface area contributed by atoms with Crippen molar-refractivity contribution >= 4 is 22.6 Å². The Morgan fingerprint density at radius 1 is 1.04 bits per heavy atom. The summed E-state index contributed by atoms with van der Waals surface area (Å²) in [5, 5.41) is 5.56. The third-order valence-electron chi connectivity index (χ3n) is 3.32. The monoisotopic (exact) mass is 321 g/mol. The zero-order valence-electron chi connectivity index (χ0n) is 12.8. The Morgan fingerprint density at radius 3 is 2.62 bits per heavy atom. The molecule has 120 valence electrons. The first-order chi connectivity index (χ1) is 11.7.